The van der Waals surface area contributed by atoms with Crippen LogP contribution in [0.2, 0.25) is 0 Å². The second kappa shape index (κ2) is 7.62. The molecule has 6 nitrogen and oxygen atoms in total. The van der Waals surface area contributed by atoms with Crippen molar-refractivity contribution < 1.29 is 14.6 Å². The second-order valence-electron chi connectivity index (χ2n) is 3.89. The van der Waals surface area contributed by atoms with E-state index in [0.717, 1.165) is 5.69 Å². The zero-order valence-electron chi connectivity index (χ0n) is 10.7. The summed E-state index contributed by atoms with van der Waals surface area (Å²) in [6, 6.07) is 3.49. The summed E-state index contributed by atoms with van der Waals surface area (Å²) in [5.41, 5.74) is 1.23. The number of pyridine rings is 1. The average molecular weight is 253 g/mol. The largest absolute Gasteiger partial charge is 0.394 e. The lowest BCUT2D eigenvalue weighted by molar-refractivity contribution is 0.0822. The average Bonchev–Trinajstić information content (AvgIpc) is 2.38. The molecule has 0 bridgehead atoms. The summed E-state index contributed by atoms with van der Waals surface area (Å²) in [6.45, 7) is 1.47. The molecule has 0 unspecified atom stereocenters. The number of hydrogen-bond acceptors (Lipinski definition) is 5. The zero-order valence-corrected chi connectivity index (χ0v) is 10.7. The van der Waals surface area contributed by atoms with E-state index in [9.17, 15) is 4.79 Å². The van der Waals surface area contributed by atoms with E-state index in [4.69, 9.17) is 9.84 Å². The Bertz CT molecular complexity index is 383. The second-order valence-corrected chi connectivity index (χ2v) is 3.89. The Labute approximate surface area is 107 Å². The first-order valence-corrected chi connectivity index (χ1v) is 5.75. The zero-order chi connectivity index (χ0) is 13.4. The maximum absolute atomic E-state index is 11.7. The van der Waals surface area contributed by atoms with Gasteiger partial charge in [-0.25, -0.2) is 0 Å². The number of ether oxygens (including phenoxy) is 1. The summed E-state index contributed by atoms with van der Waals surface area (Å²) in [5.74, 6) is -0.129. The van der Waals surface area contributed by atoms with Crippen molar-refractivity contribution in [2.75, 3.05) is 45.8 Å². The van der Waals surface area contributed by atoms with Crippen LogP contribution in [-0.4, -0.2) is 61.4 Å². The van der Waals surface area contributed by atoms with Gasteiger partial charge in [-0.15, -0.1) is 0 Å². The van der Waals surface area contributed by atoms with E-state index in [1.165, 1.54) is 4.90 Å². The molecule has 6 heteroatoms. The van der Waals surface area contributed by atoms with Crippen LogP contribution in [0, 0.1) is 0 Å². The number of amides is 1. The fourth-order valence-electron chi connectivity index (χ4n) is 1.32. The van der Waals surface area contributed by atoms with Crippen LogP contribution in [0.5, 0.6) is 0 Å². The van der Waals surface area contributed by atoms with Crippen LogP contribution in [0.1, 0.15) is 10.5 Å². The standard InChI is InChI=1S/C12H19N3O3/c1-15(2)12(17)11-9-10(3-4-14-11)13-5-7-18-8-6-16/h3-4,9,16H,5-8H2,1-2H3,(H,13,14). The van der Waals surface area contributed by atoms with E-state index < -0.39 is 0 Å². The van der Waals surface area contributed by atoms with Gasteiger partial charge in [0.1, 0.15) is 5.69 Å². The fraction of sp³-hybridized carbons (Fsp3) is 0.500. The Hall–Kier alpha value is -1.66. The Morgan fingerprint density at radius 1 is 1.50 bits per heavy atom. The van der Waals surface area contributed by atoms with E-state index in [0.29, 0.717) is 25.5 Å². The predicted octanol–water partition coefficient (Wildman–Crippen LogP) is 0.204. The monoisotopic (exact) mass is 253 g/mol. The number of hydrogen-bond donors (Lipinski definition) is 2. The van der Waals surface area contributed by atoms with Crippen molar-refractivity contribution in [2.45, 2.75) is 0 Å². The van der Waals surface area contributed by atoms with E-state index in [-0.39, 0.29) is 12.5 Å². The van der Waals surface area contributed by atoms with Gasteiger partial charge in [0.05, 0.1) is 19.8 Å². The minimum atomic E-state index is -0.129. The maximum Gasteiger partial charge on any atom is 0.272 e. The summed E-state index contributed by atoms with van der Waals surface area (Å²) in [7, 11) is 3.37. The van der Waals surface area contributed by atoms with Gasteiger partial charge in [-0.3, -0.25) is 9.78 Å². The van der Waals surface area contributed by atoms with E-state index in [1.54, 1.807) is 32.4 Å². The number of aliphatic hydroxyl groups is 1. The molecule has 1 rings (SSSR count). The molecule has 18 heavy (non-hydrogen) atoms. The molecule has 100 valence electrons. The summed E-state index contributed by atoms with van der Waals surface area (Å²) >= 11 is 0. The lowest BCUT2D eigenvalue weighted by atomic mass is 10.3. The first-order chi connectivity index (χ1) is 8.65. The molecule has 0 fully saturated rings. The third-order valence-corrected chi connectivity index (χ3v) is 2.20. The predicted molar refractivity (Wildman–Crippen MR) is 68.6 cm³/mol. The van der Waals surface area contributed by atoms with Crippen LogP contribution in [0.15, 0.2) is 18.3 Å². The SMILES string of the molecule is CN(C)C(=O)c1cc(NCCOCCO)ccn1. The molecule has 0 saturated carbocycles. The number of rotatable bonds is 7. The lowest BCUT2D eigenvalue weighted by Crippen LogP contribution is -2.22. The van der Waals surface area contributed by atoms with Crippen molar-refractivity contribution in [1.82, 2.24) is 9.88 Å². The van der Waals surface area contributed by atoms with E-state index in [1.807, 2.05) is 0 Å². The van der Waals surface area contributed by atoms with Crippen LogP contribution in [0.4, 0.5) is 5.69 Å². The van der Waals surface area contributed by atoms with Crippen molar-refractivity contribution in [3.05, 3.63) is 24.0 Å². The van der Waals surface area contributed by atoms with Crippen LogP contribution < -0.4 is 5.32 Å². The van der Waals surface area contributed by atoms with Crippen molar-refractivity contribution in [3.8, 4) is 0 Å². The van der Waals surface area contributed by atoms with Gasteiger partial charge in [0.2, 0.25) is 0 Å². The minimum Gasteiger partial charge on any atom is -0.394 e. The summed E-state index contributed by atoms with van der Waals surface area (Å²) in [4.78, 5) is 17.2. The van der Waals surface area contributed by atoms with Crippen molar-refractivity contribution >= 4 is 11.6 Å². The molecule has 0 aromatic carbocycles. The Morgan fingerprint density at radius 3 is 2.94 bits per heavy atom. The Kier molecular flexibility index (Phi) is 6.10. The third kappa shape index (κ3) is 4.68. The van der Waals surface area contributed by atoms with Crippen molar-refractivity contribution in [3.63, 3.8) is 0 Å². The molecule has 0 atom stereocenters. The van der Waals surface area contributed by atoms with Crippen LogP contribution in [-0.2, 0) is 4.74 Å². The van der Waals surface area contributed by atoms with E-state index in [2.05, 4.69) is 10.3 Å². The highest BCUT2D eigenvalue weighted by Crippen LogP contribution is 2.08. The first-order valence-electron chi connectivity index (χ1n) is 5.75. The van der Waals surface area contributed by atoms with Crippen molar-refractivity contribution in [1.29, 1.82) is 0 Å². The van der Waals surface area contributed by atoms with Gasteiger partial charge < -0.3 is 20.1 Å². The molecule has 0 radical (unpaired) electrons. The molecular formula is C12H19N3O3. The van der Waals surface area contributed by atoms with Gasteiger partial charge in [0, 0.05) is 32.5 Å². The molecule has 0 spiro atoms. The molecular weight excluding hydrogens is 234 g/mol. The highest BCUT2D eigenvalue weighted by Gasteiger charge is 2.09. The molecule has 1 aromatic heterocycles. The van der Waals surface area contributed by atoms with Gasteiger partial charge in [-0.1, -0.05) is 0 Å². The number of aliphatic hydroxyl groups excluding tert-OH is 1. The third-order valence-electron chi connectivity index (χ3n) is 2.20. The molecule has 0 aliphatic rings. The lowest BCUT2D eigenvalue weighted by Gasteiger charge is -2.11. The summed E-state index contributed by atoms with van der Waals surface area (Å²) in [6.07, 6.45) is 1.59. The van der Waals surface area contributed by atoms with Gasteiger partial charge in [0.25, 0.3) is 5.91 Å². The van der Waals surface area contributed by atoms with Gasteiger partial charge >= 0.3 is 0 Å². The fourth-order valence-corrected chi connectivity index (χ4v) is 1.32. The molecule has 0 aliphatic heterocycles. The maximum atomic E-state index is 11.7. The van der Waals surface area contributed by atoms with Gasteiger partial charge in [-0.05, 0) is 12.1 Å². The normalized spacial score (nSPS) is 10.2. The topological polar surface area (TPSA) is 74.7 Å². The quantitative estimate of drug-likeness (QED) is 0.679. The molecule has 1 aromatic rings. The van der Waals surface area contributed by atoms with E-state index >= 15 is 0 Å². The summed E-state index contributed by atoms with van der Waals surface area (Å²) < 4.78 is 5.12. The minimum absolute atomic E-state index is 0.0245. The van der Waals surface area contributed by atoms with Gasteiger partial charge in [-0.2, -0.15) is 0 Å². The van der Waals surface area contributed by atoms with Crippen molar-refractivity contribution in [2.24, 2.45) is 0 Å². The number of carbonyl (C=O) groups excluding carboxylic acids is 1. The molecule has 2 N–H and O–H groups in total. The molecule has 0 aliphatic carbocycles. The molecule has 1 heterocycles. The van der Waals surface area contributed by atoms with Gasteiger partial charge in [0.15, 0.2) is 0 Å². The highest BCUT2D eigenvalue weighted by molar-refractivity contribution is 5.92. The highest BCUT2D eigenvalue weighted by atomic mass is 16.5. The summed E-state index contributed by atoms with van der Waals surface area (Å²) in [5, 5.41) is 11.7. The van der Waals surface area contributed by atoms with Crippen LogP contribution in [0.25, 0.3) is 0 Å². The number of anilines is 1. The number of nitrogens with zero attached hydrogens (tertiary/aromatic N) is 2. The number of carbonyl (C=O) groups is 1. The Morgan fingerprint density at radius 2 is 2.28 bits per heavy atom. The number of nitrogens with one attached hydrogen (secondary N) is 1. The Balaban J connectivity index is 2.47. The van der Waals surface area contributed by atoms with Crippen LogP contribution in [0.3, 0.4) is 0 Å². The van der Waals surface area contributed by atoms with Crippen LogP contribution >= 0.6 is 0 Å². The number of aromatic nitrogens is 1. The smallest absolute Gasteiger partial charge is 0.272 e. The molecule has 1 amide bonds. The first kappa shape index (κ1) is 14.4. The molecule has 0 saturated heterocycles.